The molecule has 0 spiro atoms. The van der Waals surface area contributed by atoms with Gasteiger partial charge in [0.2, 0.25) is 5.91 Å². The maximum atomic E-state index is 13.0. The van der Waals surface area contributed by atoms with Gasteiger partial charge in [0.1, 0.15) is 11.9 Å². The summed E-state index contributed by atoms with van der Waals surface area (Å²) in [6, 6.07) is 11.5. The van der Waals surface area contributed by atoms with Crippen LogP contribution in [-0.4, -0.2) is 52.3 Å². The van der Waals surface area contributed by atoms with Gasteiger partial charge < -0.3 is 15.1 Å². The zero-order chi connectivity index (χ0) is 20.2. The van der Waals surface area contributed by atoms with Crippen molar-refractivity contribution in [3.63, 3.8) is 0 Å². The molecule has 29 heavy (non-hydrogen) atoms. The number of aromatic nitrogens is 1. The van der Waals surface area contributed by atoms with Gasteiger partial charge >= 0.3 is 0 Å². The highest BCUT2D eigenvalue weighted by atomic mass is 16.2. The van der Waals surface area contributed by atoms with Gasteiger partial charge in [0.05, 0.1) is 5.56 Å². The first kappa shape index (κ1) is 19.4. The Kier molecular flexibility index (Phi) is 5.79. The Hall–Kier alpha value is -2.89. The third-order valence-electron chi connectivity index (χ3n) is 5.78. The minimum atomic E-state index is -0.344. The lowest BCUT2D eigenvalue weighted by atomic mass is 10.1. The van der Waals surface area contributed by atoms with Crippen molar-refractivity contribution >= 4 is 17.6 Å². The highest BCUT2D eigenvalue weighted by molar-refractivity contribution is 5.99. The molecule has 1 atom stereocenters. The summed E-state index contributed by atoms with van der Waals surface area (Å²) in [6.07, 6.45) is 5.64. The predicted octanol–water partition coefficient (Wildman–Crippen LogP) is 3.23. The standard InChI is InChI=1S/C23H28N4O2/c1-17-7-9-18(10-8-17)16-27-15-11-20(23(27)29)25-21-19(6-5-12-24-21)22(28)26-13-3-2-4-14-26/h5-10,12,20H,2-4,11,13-16H2,1H3,(H,24,25). The number of hydrogen-bond acceptors (Lipinski definition) is 4. The second-order valence-corrected chi connectivity index (χ2v) is 7.98. The summed E-state index contributed by atoms with van der Waals surface area (Å²) in [6.45, 7) is 4.95. The van der Waals surface area contributed by atoms with Crippen LogP contribution in [0.5, 0.6) is 0 Å². The lowest BCUT2D eigenvalue weighted by Gasteiger charge is -2.27. The van der Waals surface area contributed by atoms with Crippen molar-refractivity contribution in [2.75, 3.05) is 25.0 Å². The molecule has 0 saturated carbocycles. The van der Waals surface area contributed by atoms with Gasteiger partial charge in [0.25, 0.3) is 5.91 Å². The second kappa shape index (κ2) is 8.64. The molecule has 2 aliphatic rings. The van der Waals surface area contributed by atoms with Crippen LogP contribution in [0.25, 0.3) is 0 Å². The number of likely N-dealkylation sites (tertiary alicyclic amines) is 2. The van der Waals surface area contributed by atoms with E-state index in [1.807, 2.05) is 9.80 Å². The summed E-state index contributed by atoms with van der Waals surface area (Å²) in [4.78, 5) is 34.0. The quantitative estimate of drug-likeness (QED) is 0.848. The number of carbonyl (C=O) groups excluding carboxylic acids is 2. The molecule has 6 nitrogen and oxygen atoms in total. The van der Waals surface area contributed by atoms with E-state index in [1.54, 1.807) is 18.3 Å². The summed E-state index contributed by atoms with van der Waals surface area (Å²) >= 11 is 0. The van der Waals surface area contributed by atoms with Gasteiger partial charge in [-0.05, 0) is 50.3 Å². The van der Waals surface area contributed by atoms with Crippen LogP contribution in [0.15, 0.2) is 42.6 Å². The van der Waals surface area contributed by atoms with Gasteiger partial charge in [0, 0.05) is 32.4 Å². The van der Waals surface area contributed by atoms with Crippen molar-refractivity contribution in [2.45, 2.75) is 45.2 Å². The topological polar surface area (TPSA) is 65.5 Å². The molecule has 0 radical (unpaired) electrons. The normalized spacial score (nSPS) is 19.5. The molecule has 2 fully saturated rings. The molecule has 152 valence electrons. The number of anilines is 1. The fourth-order valence-electron chi connectivity index (χ4n) is 4.07. The monoisotopic (exact) mass is 392 g/mol. The smallest absolute Gasteiger partial charge is 0.257 e. The van der Waals surface area contributed by atoms with E-state index in [9.17, 15) is 9.59 Å². The summed E-state index contributed by atoms with van der Waals surface area (Å²) in [7, 11) is 0. The molecule has 6 heteroatoms. The molecule has 2 amide bonds. The molecular formula is C23H28N4O2. The minimum Gasteiger partial charge on any atom is -0.358 e. The number of rotatable bonds is 5. The van der Waals surface area contributed by atoms with Crippen molar-refractivity contribution in [3.8, 4) is 0 Å². The van der Waals surface area contributed by atoms with E-state index in [0.717, 1.165) is 31.5 Å². The van der Waals surface area contributed by atoms with E-state index in [0.29, 0.717) is 30.9 Å². The second-order valence-electron chi connectivity index (χ2n) is 7.98. The van der Waals surface area contributed by atoms with Crippen molar-refractivity contribution in [2.24, 2.45) is 0 Å². The molecule has 1 unspecified atom stereocenters. The average molecular weight is 393 g/mol. The fourth-order valence-corrected chi connectivity index (χ4v) is 4.07. The van der Waals surface area contributed by atoms with Crippen LogP contribution in [0.4, 0.5) is 5.82 Å². The molecule has 1 aromatic heterocycles. The molecule has 1 N–H and O–H groups in total. The van der Waals surface area contributed by atoms with Crippen LogP contribution in [0, 0.1) is 6.92 Å². The number of nitrogens with zero attached hydrogens (tertiary/aromatic N) is 3. The molecule has 2 aliphatic heterocycles. The van der Waals surface area contributed by atoms with E-state index in [4.69, 9.17) is 0 Å². The summed E-state index contributed by atoms with van der Waals surface area (Å²) in [5.74, 6) is 0.577. The Morgan fingerprint density at radius 3 is 2.62 bits per heavy atom. The first-order chi connectivity index (χ1) is 14.1. The zero-order valence-electron chi connectivity index (χ0n) is 16.9. The van der Waals surface area contributed by atoms with E-state index >= 15 is 0 Å². The molecule has 2 aromatic rings. The largest absolute Gasteiger partial charge is 0.358 e. The van der Waals surface area contributed by atoms with Gasteiger partial charge in [-0.15, -0.1) is 0 Å². The van der Waals surface area contributed by atoms with Crippen LogP contribution in [0.1, 0.15) is 47.2 Å². The first-order valence-electron chi connectivity index (χ1n) is 10.5. The number of nitrogens with one attached hydrogen (secondary N) is 1. The zero-order valence-corrected chi connectivity index (χ0v) is 16.9. The Labute approximate surface area is 171 Å². The number of carbonyl (C=O) groups is 2. The van der Waals surface area contributed by atoms with Crippen molar-refractivity contribution in [3.05, 3.63) is 59.3 Å². The summed E-state index contributed by atoms with van der Waals surface area (Å²) < 4.78 is 0. The third-order valence-corrected chi connectivity index (χ3v) is 5.78. The van der Waals surface area contributed by atoms with E-state index in [-0.39, 0.29) is 17.9 Å². The van der Waals surface area contributed by atoms with Gasteiger partial charge in [-0.2, -0.15) is 0 Å². The maximum Gasteiger partial charge on any atom is 0.257 e. The number of amides is 2. The molecule has 4 rings (SSSR count). The highest BCUT2D eigenvalue weighted by Crippen LogP contribution is 2.22. The van der Waals surface area contributed by atoms with Crippen LogP contribution in [0.2, 0.25) is 0 Å². The van der Waals surface area contributed by atoms with E-state index < -0.39 is 0 Å². The average Bonchev–Trinajstić information content (AvgIpc) is 3.09. The lowest BCUT2D eigenvalue weighted by molar-refractivity contribution is -0.128. The molecule has 2 saturated heterocycles. The minimum absolute atomic E-state index is 0.00209. The van der Waals surface area contributed by atoms with Gasteiger partial charge in [-0.3, -0.25) is 9.59 Å². The fraction of sp³-hybridized carbons (Fsp3) is 0.435. The molecular weight excluding hydrogens is 364 g/mol. The van der Waals surface area contributed by atoms with Crippen LogP contribution < -0.4 is 5.32 Å². The maximum absolute atomic E-state index is 13.0. The first-order valence-corrected chi connectivity index (χ1v) is 10.5. The Morgan fingerprint density at radius 2 is 1.86 bits per heavy atom. The van der Waals surface area contributed by atoms with Gasteiger partial charge in [0.15, 0.2) is 0 Å². The van der Waals surface area contributed by atoms with Crippen molar-refractivity contribution < 1.29 is 9.59 Å². The summed E-state index contributed by atoms with van der Waals surface area (Å²) in [5, 5.41) is 3.25. The number of hydrogen-bond donors (Lipinski definition) is 1. The van der Waals surface area contributed by atoms with Gasteiger partial charge in [-0.1, -0.05) is 29.8 Å². The molecule has 0 bridgehead atoms. The summed E-state index contributed by atoms with van der Waals surface area (Å²) in [5.41, 5.74) is 2.89. The number of pyridine rings is 1. The number of piperidine rings is 1. The van der Waals surface area contributed by atoms with E-state index in [1.165, 1.54) is 12.0 Å². The SMILES string of the molecule is Cc1ccc(CN2CCC(Nc3ncccc3C(=O)N3CCCCC3)C2=O)cc1. The highest BCUT2D eigenvalue weighted by Gasteiger charge is 2.33. The number of aryl methyl sites for hydroxylation is 1. The van der Waals surface area contributed by atoms with Crippen LogP contribution >= 0.6 is 0 Å². The lowest BCUT2D eigenvalue weighted by Crippen LogP contribution is -2.37. The molecule has 0 aliphatic carbocycles. The third kappa shape index (κ3) is 4.42. The van der Waals surface area contributed by atoms with Crippen LogP contribution in [0.3, 0.4) is 0 Å². The molecule has 1 aromatic carbocycles. The number of benzene rings is 1. The Bertz CT molecular complexity index is 875. The van der Waals surface area contributed by atoms with E-state index in [2.05, 4.69) is 41.5 Å². The van der Waals surface area contributed by atoms with Crippen molar-refractivity contribution in [1.29, 1.82) is 0 Å². The van der Waals surface area contributed by atoms with Crippen LogP contribution in [-0.2, 0) is 11.3 Å². The van der Waals surface area contributed by atoms with Gasteiger partial charge in [-0.25, -0.2) is 4.98 Å². The van der Waals surface area contributed by atoms with Crippen molar-refractivity contribution in [1.82, 2.24) is 14.8 Å². The Balaban J connectivity index is 1.43. The predicted molar refractivity (Wildman–Crippen MR) is 113 cm³/mol. The Morgan fingerprint density at radius 1 is 1.10 bits per heavy atom. The molecule has 3 heterocycles.